The molecule has 0 spiro atoms. The number of aliphatic hydroxyl groups is 1. The summed E-state index contributed by atoms with van der Waals surface area (Å²) in [5.74, 6) is 2.79. The molecule has 2 aromatic heterocycles. The number of aryl methyl sites for hydroxylation is 3. The Labute approximate surface area is 229 Å². The number of fused-ring (bicyclic) bond motifs is 3. The molecule has 39 heavy (non-hydrogen) atoms. The Morgan fingerprint density at radius 1 is 1.05 bits per heavy atom. The fraction of sp³-hybridized carbons (Fsp3) is 0.469. The lowest BCUT2D eigenvalue weighted by Crippen LogP contribution is -2.51. The van der Waals surface area contributed by atoms with Crippen LogP contribution < -0.4 is 4.74 Å². The number of hydrogen-bond donors (Lipinski definition) is 1. The normalized spacial score (nSPS) is 24.3. The third-order valence-electron chi connectivity index (χ3n) is 8.98. The van der Waals surface area contributed by atoms with E-state index in [1.54, 1.807) is 0 Å². The molecule has 1 fully saturated rings. The number of hydrogen-bond acceptors (Lipinski definition) is 7. The van der Waals surface area contributed by atoms with Crippen LogP contribution in [-0.2, 0) is 24.9 Å². The van der Waals surface area contributed by atoms with Crippen LogP contribution in [0.2, 0.25) is 0 Å². The van der Waals surface area contributed by atoms with E-state index >= 15 is 0 Å². The van der Waals surface area contributed by atoms with Gasteiger partial charge in [0.05, 0.1) is 11.3 Å². The van der Waals surface area contributed by atoms with E-state index in [4.69, 9.17) is 13.8 Å². The predicted molar refractivity (Wildman–Crippen MR) is 147 cm³/mol. The molecule has 0 aliphatic heterocycles. The van der Waals surface area contributed by atoms with Crippen molar-refractivity contribution in [2.75, 3.05) is 0 Å². The van der Waals surface area contributed by atoms with E-state index in [-0.39, 0.29) is 12.0 Å². The molecule has 204 valence electrons. The van der Waals surface area contributed by atoms with E-state index < -0.39 is 5.60 Å². The van der Waals surface area contributed by atoms with Gasteiger partial charge in [-0.05, 0) is 93.5 Å². The minimum atomic E-state index is -0.535. The maximum atomic E-state index is 11.4. The van der Waals surface area contributed by atoms with Crippen molar-refractivity contribution in [3.63, 3.8) is 0 Å². The van der Waals surface area contributed by atoms with E-state index in [0.717, 1.165) is 68.4 Å². The molecule has 0 saturated heterocycles. The molecule has 2 aliphatic rings. The summed E-state index contributed by atoms with van der Waals surface area (Å²) < 4.78 is 16.8. The van der Waals surface area contributed by atoms with Gasteiger partial charge in [-0.15, -0.1) is 0 Å². The van der Waals surface area contributed by atoms with Crippen molar-refractivity contribution in [3.05, 3.63) is 82.5 Å². The Balaban J connectivity index is 1.24. The number of aromatic nitrogens is 3. The SMILES string of the molecule is CCC[C@@]1(O)CC[C@@]2(Cc3ccccc3)c3ccc(OCc4noc(-c5c(C)noc5C)n4)cc3CC[C@@H]2C1. The number of nitrogens with zero attached hydrogens (tertiary/aromatic N) is 3. The minimum Gasteiger partial charge on any atom is -0.485 e. The van der Waals surface area contributed by atoms with Crippen LogP contribution in [-0.4, -0.2) is 26.0 Å². The molecular weight excluding hydrogens is 490 g/mol. The molecule has 7 nitrogen and oxygen atoms in total. The Bertz CT molecular complexity index is 1430. The molecule has 1 saturated carbocycles. The van der Waals surface area contributed by atoms with Crippen LogP contribution in [0.15, 0.2) is 57.6 Å². The topological polar surface area (TPSA) is 94.4 Å². The molecule has 7 heteroatoms. The second-order valence-electron chi connectivity index (χ2n) is 11.6. The zero-order valence-corrected chi connectivity index (χ0v) is 23.1. The second kappa shape index (κ2) is 10.3. The van der Waals surface area contributed by atoms with Gasteiger partial charge in [-0.3, -0.25) is 0 Å². The van der Waals surface area contributed by atoms with Gasteiger partial charge < -0.3 is 18.9 Å². The first-order chi connectivity index (χ1) is 18.9. The van der Waals surface area contributed by atoms with E-state index in [9.17, 15) is 5.11 Å². The zero-order chi connectivity index (χ0) is 27.0. The van der Waals surface area contributed by atoms with E-state index in [1.807, 2.05) is 13.8 Å². The quantitative estimate of drug-likeness (QED) is 0.273. The van der Waals surface area contributed by atoms with Crippen LogP contribution in [0.1, 0.15) is 79.4 Å². The van der Waals surface area contributed by atoms with Crippen LogP contribution in [0.3, 0.4) is 0 Å². The highest BCUT2D eigenvalue weighted by Gasteiger charge is 2.51. The summed E-state index contributed by atoms with van der Waals surface area (Å²) in [6, 6.07) is 17.4. The third kappa shape index (κ3) is 4.89. The lowest BCUT2D eigenvalue weighted by molar-refractivity contribution is -0.0565. The molecular formula is C32H37N3O4. The highest BCUT2D eigenvalue weighted by molar-refractivity contribution is 5.57. The van der Waals surface area contributed by atoms with E-state index in [2.05, 4.69) is 70.8 Å². The summed E-state index contributed by atoms with van der Waals surface area (Å²) in [6.07, 6.45) is 7.73. The molecule has 0 amide bonds. The predicted octanol–water partition coefficient (Wildman–Crippen LogP) is 6.68. The van der Waals surface area contributed by atoms with Crippen molar-refractivity contribution in [1.29, 1.82) is 0 Å². The molecule has 0 bridgehead atoms. The van der Waals surface area contributed by atoms with Gasteiger partial charge >= 0.3 is 0 Å². The van der Waals surface area contributed by atoms with Gasteiger partial charge in [-0.2, -0.15) is 4.98 Å². The van der Waals surface area contributed by atoms with Gasteiger partial charge in [0.2, 0.25) is 5.82 Å². The highest BCUT2D eigenvalue weighted by atomic mass is 16.5. The van der Waals surface area contributed by atoms with Gasteiger partial charge in [0.25, 0.3) is 5.89 Å². The fourth-order valence-corrected chi connectivity index (χ4v) is 7.16. The van der Waals surface area contributed by atoms with Crippen LogP contribution in [0.25, 0.3) is 11.5 Å². The van der Waals surface area contributed by atoms with Crippen molar-refractivity contribution < 1.29 is 18.9 Å². The van der Waals surface area contributed by atoms with Crippen molar-refractivity contribution in [1.82, 2.24) is 15.3 Å². The summed E-state index contributed by atoms with van der Waals surface area (Å²) in [5.41, 5.74) is 5.09. The molecule has 2 heterocycles. The summed E-state index contributed by atoms with van der Waals surface area (Å²) >= 11 is 0. The van der Waals surface area contributed by atoms with Crippen molar-refractivity contribution >= 4 is 0 Å². The summed E-state index contributed by atoms with van der Waals surface area (Å²) in [4.78, 5) is 4.49. The average molecular weight is 528 g/mol. The zero-order valence-electron chi connectivity index (χ0n) is 23.1. The average Bonchev–Trinajstić information content (AvgIpc) is 3.53. The maximum Gasteiger partial charge on any atom is 0.263 e. The van der Waals surface area contributed by atoms with Gasteiger partial charge in [-0.25, -0.2) is 0 Å². The lowest BCUT2D eigenvalue weighted by atomic mass is 9.52. The maximum absolute atomic E-state index is 11.4. The molecule has 0 unspecified atom stereocenters. The first-order valence-electron chi connectivity index (χ1n) is 14.2. The molecule has 6 rings (SSSR count). The monoisotopic (exact) mass is 527 g/mol. The number of rotatable bonds is 8. The van der Waals surface area contributed by atoms with Crippen molar-refractivity contribution in [3.8, 4) is 17.2 Å². The highest BCUT2D eigenvalue weighted by Crippen LogP contribution is 2.55. The standard InChI is InChI=1S/C32H37N3O4/c1-4-14-31(36)15-16-32(18-23-8-6-5-7-9-23)25(19-31)11-10-24-17-26(12-13-27(24)32)37-20-28-33-30(39-35-28)29-21(2)34-38-22(29)3/h5-9,12-13,17,25,36H,4,10-11,14-16,18-20H2,1-3H3/t25-,31-,32+/m1/s1. The second-order valence-corrected chi connectivity index (χ2v) is 11.6. The van der Waals surface area contributed by atoms with Gasteiger partial charge in [-0.1, -0.05) is 60.1 Å². The first-order valence-corrected chi connectivity index (χ1v) is 14.2. The number of ether oxygens (including phenoxy) is 1. The van der Waals surface area contributed by atoms with Gasteiger partial charge in [0.15, 0.2) is 6.61 Å². The summed E-state index contributed by atoms with van der Waals surface area (Å²) in [6.45, 7) is 6.07. The van der Waals surface area contributed by atoms with Crippen LogP contribution >= 0.6 is 0 Å². The van der Waals surface area contributed by atoms with Crippen LogP contribution in [0.5, 0.6) is 5.75 Å². The van der Waals surface area contributed by atoms with E-state index in [1.165, 1.54) is 16.7 Å². The van der Waals surface area contributed by atoms with Crippen LogP contribution in [0, 0.1) is 19.8 Å². The Morgan fingerprint density at radius 2 is 1.90 bits per heavy atom. The van der Waals surface area contributed by atoms with Gasteiger partial charge in [0, 0.05) is 5.41 Å². The third-order valence-corrected chi connectivity index (χ3v) is 8.98. The molecule has 0 radical (unpaired) electrons. The molecule has 1 N–H and O–H groups in total. The van der Waals surface area contributed by atoms with Crippen LogP contribution in [0.4, 0.5) is 0 Å². The smallest absolute Gasteiger partial charge is 0.263 e. The molecule has 2 aliphatic carbocycles. The van der Waals surface area contributed by atoms with Crippen molar-refractivity contribution in [2.24, 2.45) is 5.92 Å². The number of benzene rings is 2. The summed E-state index contributed by atoms with van der Waals surface area (Å²) in [7, 11) is 0. The Morgan fingerprint density at radius 3 is 2.67 bits per heavy atom. The van der Waals surface area contributed by atoms with Gasteiger partial charge in [0.1, 0.15) is 17.1 Å². The minimum absolute atomic E-state index is 0.0321. The molecule has 4 aromatic rings. The molecule has 3 atom stereocenters. The van der Waals surface area contributed by atoms with Crippen molar-refractivity contribution in [2.45, 2.75) is 89.8 Å². The first kappa shape index (κ1) is 25.8. The lowest BCUT2D eigenvalue weighted by Gasteiger charge is -2.53. The Hall–Kier alpha value is -3.45. The molecule has 2 aromatic carbocycles. The fourth-order valence-electron chi connectivity index (χ4n) is 7.16. The largest absolute Gasteiger partial charge is 0.485 e. The summed E-state index contributed by atoms with van der Waals surface area (Å²) in [5, 5.41) is 19.5. The van der Waals surface area contributed by atoms with E-state index in [0.29, 0.717) is 23.4 Å². The Kier molecular flexibility index (Phi) is 6.79.